The number of halogens is 2. The SMILES string of the molecule is O=C(c1cnn2ccc(N3CCCC3c3cc(F)ccc3F)cc12)N1CC(O)C1. The molecule has 1 N–H and O–H groups in total. The fourth-order valence-electron chi connectivity index (χ4n) is 4.27. The summed E-state index contributed by atoms with van der Waals surface area (Å²) in [6.07, 6.45) is 4.41. The zero-order valence-electron chi connectivity index (χ0n) is 15.6. The minimum Gasteiger partial charge on any atom is -0.389 e. The number of likely N-dealkylation sites (tertiary alicyclic amines) is 1. The Balaban J connectivity index is 1.50. The number of β-amino-alcohol motifs (C(OH)–C–C–N with tert-alkyl or cyclic N) is 1. The van der Waals surface area contributed by atoms with Crippen LogP contribution in [0.3, 0.4) is 0 Å². The van der Waals surface area contributed by atoms with Crippen LogP contribution in [0.4, 0.5) is 14.5 Å². The van der Waals surface area contributed by atoms with Gasteiger partial charge in [0.1, 0.15) is 11.6 Å². The quantitative estimate of drug-likeness (QED) is 0.737. The maximum Gasteiger partial charge on any atom is 0.257 e. The van der Waals surface area contributed by atoms with Crippen molar-refractivity contribution in [2.45, 2.75) is 25.0 Å². The van der Waals surface area contributed by atoms with E-state index in [0.29, 0.717) is 36.3 Å². The largest absolute Gasteiger partial charge is 0.389 e. The van der Waals surface area contributed by atoms with Gasteiger partial charge >= 0.3 is 0 Å². The van der Waals surface area contributed by atoms with Crippen LogP contribution in [0.2, 0.25) is 0 Å². The molecule has 5 rings (SSSR count). The number of amides is 1. The fourth-order valence-corrected chi connectivity index (χ4v) is 4.27. The van der Waals surface area contributed by atoms with Crippen LogP contribution >= 0.6 is 0 Å². The van der Waals surface area contributed by atoms with Crippen LogP contribution in [-0.2, 0) is 0 Å². The second-order valence-electron chi connectivity index (χ2n) is 7.65. The van der Waals surface area contributed by atoms with Gasteiger partial charge in [0, 0.05) is 37.1 Å². The molecule has 2 aliphatic rings. The van der Waals surface area contributed by atoms with Crippen LogP contribution in [0.15, 0.2) is 42.7 Å². The van der Waals surface area contributed by atoms with E-state index >= 15 is 0 Å². The third-order valence-corrected chi connectivity index (χ3v) is 5.79. The number of carbonyl (C=O) groups is 1. The van der Waals surface area contributed by atoms with Crippen molar-refractivity contribution in [3.05, 3.63) is 65.5 Å². The van der Waals surface area contributed by atoms with Gasteiger partial charge in [0.2, 0.25) is 0 Å². The lowest BCUT2D eigenvalue weighted by Gasteiger charge is -2.35. The molecule has 6 nitrogen and oxygen atoms in total. The van der Waals surface area contributed by atoms with Crippen molar-refractivity contribution < 1.29 is 18.7 Å². The molecule has 0 saturated carbocycles. The summed E-state index contributed by atoms with van der Waals surface area (Å²) in [5.74, 6) is -1.04. The number of aliphatic hydroxyl groups excluding tert-OH is 1. The summed E-state index contributed by atoms with van der Waals surface area (Å²) in [5.41, 5.74) is 2.30. The monoisotopic (exact) mass is 398 g/mol. The summed E-state index contributed by atoms with van der Waals surface area (Å²) in [5, 5.41) is 13.7. The Bertz CT molecular complexity index is 1090. The third kappa shape index (κ3) is 3.04. The number of anilines is 1. The highest BCUT2D eigenvalue weighted by molar-refractivity contribution is 6.01. The Morgan fingerprint density at radius 3 is 2.79 bits per heavy atom. The summed E-state index contributed by atoms with van der Waals surface area (Å²) in [7, 11) is 0. The van der Waals surface area contributed by atoms with Gasteiger partial charge in [-0.25, -0.2) is 13.3 Å². The minimum absolute atomic E-state index is 0.170. The highest BCUT2D eigenvalue weighted by atomic mass is 19.1. The maximum atomic E-state index is 14.4. The Morgan fingerprint density at radius 2 is 2.00 bits per heavy atom. The normalized spacial score (nSPS) is 19.8. The average molecular weight is 398 g/mol. The van der Waals surface area contributed by atoms with Gasteiger partial charge in [-0.05, 0) is 43.2 Å². The molecule has 3 aromatic rings. The molecular formula is C21H20F2N4O2. The molecule has 0 aliphatic carbocycles. The second kappa shape index (κ2) is 6.81. The molecule has 29 heavy (non-hydrogen) atoms. The number of pyridine rings is 1. The number of fused-ring (bicyclic) bond motifs is 1. The van der Waals surface area contributed by atoms with Gasteiger partial charge in [-0.1, -0.05) is 0 Å². The number of aromatic nitrogens is 2. The maximum absolute atomic E-state index is 14.4. The molecule has 2 fully saturated rings. The summed E-state index contributed by atoms with van der Waals surface area (Å²) >= 11 is 0. The lowest BCUT2D eigenvalue weighted by molar-refractivity contribution is 0.00602. The molecule has 1 aromatic carbocycles. The van der Waals surface area contributed by atoms with Gasteiger partial charge in [-0.2, -0.15) is 5.10 Å². The summed E-state index contributed by atoms with van der Waals surface area (Å²) in [6, 6.07) is 7.03. The number of nitrogens with zero attached hydrogens (tertiary/aromatic N) is 4. The Morgan fingerprint density at radius 1 is 1.17 bits per heavy atom. The Labute approximate surface area is 166 Å². The number of aliphatic hydroxyl groups is 1. The van der Waals surface area contributed by atoms with E-state index in [4.69, 9.17) is 0 Å². The van der Waals surface area contributed by atoms with Crippen molar-refractivity contribution in [3.63, 3.8) is 0 Å². The van der Waals surface area contributed by atoms with Gasteiger partial charge in [0.15, 0.2) is 0 Å². The predicted molar refractivity (Wildman–Crippen MR) is 103 cm³/mol. The molecule has 2 saturated heterocycles. The first-order chi connectivity index (χ1) is 14.0. The molecule has 1 atom stereocenters. The van der Waals surface area contributed by atoms with Crippen molar-refractivity contribution in [2.24, 2.45) is 0 Å². The van der Waals surface area contributed by atoms with Crippen molar-refractivity contribution in [2.75, 3.05) is 24.5 Å². The number of rotatable bonds is 3. The lowest BCUT2D eigenvalue weighted by Crippen LogP contribution is -2.53. The lowest BCUT2D eigenvalue weighted by atomic mass is 10.0. The van der Waals surface area contributed by atoms with Gasteiger partial charge in [-0.3, -0.25) is 4.79 Å². The van der Waals surface area contributed by atoms with Crippen LogP contribution in [0.25, 0.3) is 5.52 Å². The van der Waals surface area contributed by atoms with Crippen molar-refractivity contribution in [1.82, 2.24) is 14.5 Å². The fraction of sp³-hybridized carbons (Fsp3) is 0.333. The van der Waals surface area contributed by atoms with Crippen LogP contribution < -0.4 is 4.90 Å². The van der Waals surface area contributed by atoms with E-state index in [2.05, 4.69) is 5.10 Å². The second-order valence-corrected chi connectivity index (χ2v) is 7.65. The molecule has 1 unspecified atom stereocenters. The van der Waals surface area contributed by atoms with E-state index < -0.39 is 17.7 Å². The van der Waals surface area contributed by atoms with E-state index in [1.165, 1.54) is 18.3 Å². The van der Waals surface area contributed by atoms with E-state index in [0.717, 1.165) is 24.6 Å². The summed E-state index contributed by atoms with van der Waals surface area (Å²) < 4.78 is 29.7. The molecule has 2 aliphatic heterocycles. The first-order valence-corrected chi connectivity index (χ1v) is 9.67. The molecule has 8 heteroatoms. The van der Waals surface area contributed by atoms with Gasteiger partial charge in [0.25, 0.3) is 5.91 Å². The zero-order chi connectivity index (χ0) is 20.1. The Kier molecular flexibility index (Phi) is 4.24. The third-order valence-electron chi connectivity index (χ3n) is 5.79. The van der Waals surface area contributed by atoms with E-state index in [9.17, 15) is 18.7 Å². The summed E-state index contributed by atoms with van der Waals surface area (Å²) in [4.78, 5) is 16.3. The first kappa shape index (κ1) is 18.1. The molecule has 4 heterocycles. The van der Waals surface area contributed by atoms with Gasteiger partial charge < -0.3 is 14.9 Å². The molecule has 0 radical (unpaired) electrons. The van der Waals surface area contributed by atoms with Crippen LogP contribution in [0.5, 0.6) is 0 Å². The number of hydrogen-bond donors (Lipinski definition) is 1. The molecule has 2 aromatic heterocycles. The van der Waals surface area contributed by atoms with Gasteiger partial charge in [-0.15, -0.1) is 0 Å². The predicted octanol–water partition coefficient (Wildman–Crippen LogP) is 2.77. The summed E-state index contributed by atoms with van der Waals surface area (Å²) in [6.45, 7) is 1.36. The average Bonchev–Trinajstić information content (AvgIpc) is 3.33. The van der Waals surface area contributed by atoms with Crippen molar-refractivity contribution >= 4 is 17.1 Å². The van der Waals surface area contributed by atoms with E-state index in [1.807, 2.05) is 17.0 Å². The molecular weight excluding hydrogens is 378 g/mol. The van der Waals surface area contributed by atoms with Gasteiger partial charge in [0.05, 0.1) is 29.4 Å². The topological polar surface area (TPSA) is 61.1 Å². The highest BCUT2D eigenvalue weighted by Gasteiger charge is 2.32. The molecule has 0 spiro atoms. The molecule has 0 bridgehead atoms. The molecule has 150 valence electrons. The van der Waals surface area contributed by atoms with Crippen LogP contribution in [0.1, 0.15) is 34.8 Å². The zero-order valence-corrected chi connectivity index (χ0v) is 15.6. The number of hydrogen-bond acceptors (Lipinski definition) is 4. The standard InChI is InChI=1S/C21H20F2N4O2/c22-13-3-4-18(23)16(8-13)19-2-1-6-26(19)14-5-7-27-20(9-14)17(10-24-27)21(29)25-11-15(28)12-25/h3-5,7-10,15,19,28H,1-2,6,11-12H2. The smallest absolute Gasteiger partial charge is 0.257 e. The van der Waals surface area contributed by atoms with Crippen LogP contribution in [-0.4, -0.2) is 51.3 Å². The first-order valence-electron chi connectivity index (χ1n) is 9.67. The van der Waals surface area contributed by atoms with Crippen LogP contribution in [0, 0.1) is 11.6 Å². The number of benzene rings is 1. The Hall–Kier alpha value is -3.00. The minimum atomic E-state index is -0.470. The van der Waals surface area contributed by atoms with E-state index in [-0.39, 0.29) is 11.9 Å². The number of carbonyl (C=O) groups excluding carboxylic acids is 1. The molecule has 1 amide bonds. The van der Waals surface area contributed by atoms with Crippen molar-refractivity contribution in [1.29, 1.82) is 0 Å². The highest BCUT2D eigenvalue weighted by Crippen LogP contribution is 2.38. The van der Waals surface area contributed by atoms with E-state index in [1.54, 1.807) is 15.6 Å². The van der Waals surface area contributed by atoms with Crippen molar-refractivity contribution in [3.8, 4) is 0 Å².